The van der Waals surface area contributed by atoms with E-state index < -0.39 is 5.41 Å². The predicted molar refractivity (Wildman–Crippen MR) is 88.0 cm³/mol. The van der Waals surface area contributed by atoms with Crippen molar-refractivity contribution in [3.63, 3.8) is 0 Å². The summed E-state index contributed by atoms with van der Waals surface area (Å²) in [5.74, 6) is -0.0797. The highest BCUT2D eigenvalue weighted by atomic mass is 35.5. The van der Waals surface area contributed by atoms with Crippen LogP contribution in [0.15, 0.2) is 24.3 Å². The minimum absolute atomic E-state index is 0.0797. The standard InChI is InChI=1S/C15H21ClN2OS/c1-3-15(4-2,13(17)20)14(19)18-10-9-11-5-7-12(16)8-6-11/h5-8H,3-4,9-10H2,1-2H3,(H2,17,20)(H,18,19). The molecule has 0 atom stereocenters. The highest BCUT2D eigenvalue weighted by molar-refractivity contribution is 7.80. The number of halogens is 1. The van der Waals surface area contributed by atoms with Crippen LogP contribution >= 0.6 is 23.8 Å². The van der Waals surface area contributed by atoms with Gasteiger partial charge in [0.25, 0.3) is 0 Å². The zero-order chi connectivity index (χ0) is 15.2. The number of amides is 1. The van der Waals surface area contributed by atoms with Crippen molar-refractivity contribution in [1.82, 2.24) is 5.32 Å². The molecule has 1 amide bonds. The van der Waals surface area contributed by atoms with Gasteiger partial charge < -0.3 is 11.1 Å². The predicted octanol–water partition coefficient (Wildman–Crippen LogP) is 3.09. The van der Waals surface area contributed by atoms with Gasteiger partial charge in [-0.25, -0.2) is 0 Å². The van der Waals surface area contributed by atoms with E-state index in [0.717, 1.165) is 12.0 Å². The summed E-state index contributed by atoms with van der Waals surface area (Å²) in [5, 5.41) is 3.64. The van der Waals surface area contributed by atoms with Gasteiger partial charge >= 0.3 is 0 Å². The van der Waals surface area contributed by atoms with Crippen molar-refractivity contribution in [2.24, 2.45) is 11.1 Å². The molecule has 0 radical (unpaired) electrons. The molecule has 0 saturated carbocycles. The largest absolute Gasteiger partial charge is 0.392 e. The second-order valence-corrected chi connectivity index (χ2v) is 5.66. The maximum atomic E-state index is 12.3. The van der Waals surface area contributed by atoms with Crippen LogP contribution in [0.3, 0.4) is 0 Å². The molecule has 1 aromatic rings. The number of rotatable bonds is 7. The van der Waals surface area contributed by atoms with Crippen molar-refractivity contribution in [3.8, 4) is 0 Å². The topological polar surface area (TPSA) is 55.1 Å². The minimum atomic E-state index is -0.727. The number of hydrogen-bond acceptors (Lipinski definition) is 2. The molecule has 1 rings (SSSR count). The zero-order valence-electron chi connectivity index (χ0n) is 11.9. The third-order valence-electron chi connectivity index (χ3n) is 3.73. The Morgan fingerprint density at radius 1 is 1.30 bits per heavy atom. The first-order chi connectivity index (χ1) is 9.46. The van der Waals surface area contributed by atoms with Crippen LogP contribution in [0.25, 0.3) is 0 Å². The number of carbonyl (C=O) groups excluding carboxylic acids is 1. The molecule has 0 fully saturated rings. The van der Waals surface area contributed by atoms with Gasteiger partial charge in [0.1, 0.15) is 0 Å². The highest BCUT2D eigenvalue weighted by Crippen LogP contribution is 2.27. The van der Waals surface area contributed by atoms with Gasteiger partial charge in [-0.3, -0.25) is 4.79 Å². The third kappa shape index (κ3) is 3.93. The summed E-state index contributed by atoms with van der Waals surface area (Å²) in [7, 11) is 0. The molecule has 3 nitrogen and oxygen atoms in total. The lowest BCUT2D eigenvalue weighted by molar-refractivity contribution is -0.127. The van der Waals surface area contributed by atoms with E-state index in [4.69, 9.17) is 29.6 Å². The van der Waals surface area contributed by atoms with E-state index in [9.17, 15) is 4.79 Å². The number of nitrogens with two attached hydrogens (primary N) is 1. The Morgan fingerprint density at radius 3 is 2.30 bits per heavy atom. The van der Waals surface area contributed by atoms with Gasteiger partial charge in [-0.15, -0.1) is 0 Å². The number of thiocarbonyl (C=S) groups is 1. The quantitative estimate of drug-likeness (QED) is 0.761. The van der Waals surface area contributed by atoms with Crippen LogP contribution in [-0.4, -0.2) is 17.4 Å². The molecule has 0 unspecified atom stereocenters. The molecular weight excluding hydrogens is 292 g/mol. The molecule has 20 heavy (non-hydrogen) atoms. The summed E-state index contributed by atoms with van der Waals surface area (Å²) in [6.07, 6.45) is 1.99. The molecule has 0 heterocycles. The molecule has 0 saturated heterocycles. The van der Waals surface area contributed by atoms with E-state index in [1.807, 2.05) is 38.1 Å². The fourth-order valence-corrected chi connectivity index (χ4v) is 2.68. The average molecular weight is 313 g/mol. The van der Waals surface area contributed by atoms with Gasteiger partial charge in [0.15, 0.2) is 0 Å². The van der Waals surface area contributed by atoms with Crippen molar-refractivity contribution in [3.05, 3.63) is 34.9 Å². The fourth-order valence-electron chi connectivity index (χ4n) is 2.17. The monoisotopic (exact) mass is 312 g/mol. The summed E-state index contributed by atoms with van der Waals surface area (Å²) in [4.78, 5) is 12.6. The molecule has 0 aliphatic heterocycles. The fraction of sp³-hybridized carbons (Fsp3) is 0.467. The number of benzene rings is 1. The summed E-state index contributed by atoms with van der Waals surface area (Å²) in [6, 6.07) is 7.59. The second kappa shape index (κ2) is 7.60. The maximum Gasteiger partial charge on any atom is 0.233 e. The first-order valence-corrected chi connectivity index (χ1v) is 7.57. The summed E-state index contributed by atoms with van der Waals surface area (Å²) >= 11 is 10.9. The van der Waals surface area contributed by atoms with Crippen LogP contribution in [-0.2, 0) is 11.2 Å². The van der Waals surface area contributed by atoms with E-state index in [-0.39, 0.29) is 10.9 Å². The van der Waals surface area contributed by atoms with Crippen LogP contribution in [0, 0.1) is 5.41 Å². The van der Waals surface area contributed by atoms with Crippen LogP contribution in [0.4, 0.5) is 0 Å². The van der Waals surface area contributed by atoms with Crippen molar-refractivity contribution < 1.29 is 4.79 Å². The van der Waals surface area contributed by atoms with E-state index >= 15 is 0 Å². The average Bonchev–Trinajstić information content (AvgIpc) is 2.42. The first-order valence-electron chi connectivity index (χ1n) is 6.79. The maximum absolute atomic E-state index is 12.3. The van der Waals surface area contributed by atoms with Gasteiger partial charge in [0.2, 0.25) is 5.91 Å². The van der Waals surface area contributed by atoms with Crippen LogP contribution in [0.5, 0.6) is 0 Å². The Labute approximate surface area is 130 Å². The number of nitrogens with one attached hydrogen (secondary N) is 1. The summed E-state index contributed by atoms with van der Waals surface area (Å²) in [5.41, 5.74) is 6.15. The minimum Gasteiger partial charge on any atom is -0.392 e. The number of carbonyl (C=O) groups is 1. The van der Waals surface area contributed by atoms with E-state index in [1.54, 1.807) is 0 Å². The Morgan fingerprint density at radius 2 is 1.85 bits per heavy atom. The highest BCUT2D eigenvalue weighted by Gasteiger charge is 2.37. The SMILES string of the molecule is CCC(CC)(C(=O)NCCc1ccc(Cl)cc1)C(N)=S. The van der Waals surface area contributed by atoms with Crippen molar-refractivity contribution >= 4 is 34.7 Å². The molecular formula is C15H21ClN2OS. The summed E-state index contributed by atoms with van der Waals surface area (Å²) < 4.78 is 0. The number of hydrogen-bond donors (Lipinski definition) is 2. The van der Waals surface area contributed by atoms with Gasteiger partial charge in [-0.05, 0) is 37.0 Å². The Balaban J connectivity index is 2.58. The van der Waals surface area contributed by atoms with Crippen LogP contribution < -0.4 is 11.1 Å². The van der Waals surface area contributed by atoms with E-state index in [2.05, 4.69) is 5.32 Å². The van der Waals surface area contributed by atoms with Crippen LogP contribution in [0.2, 0.25) is 5.02 Å². The molecule has 0 spiro atoms. The van der Waals surface area contributed by atoms with Crippen LogP contribution in [0.1, 0.15) is 32.3 Å². The van der Waals surface area contributed by atoms with Gasteiger partial charge in [0, 0.05) is 11.6 Å². The Kier molecular flexibility index (Phi) is 6.43. The summed E-state index contributed by atoms with van der Waals surface area (Å²) in [6.45, 7) is 4.42. The van der Waals surface area contributed by atoms with Gasteiger partial charge in [0.05, 0.1) is 10.4 Å². The second-order valence-electron chi connectivity index (χ2n) is 4.79. The third-order valence-corrected chi connectivity index (χ3v) is 4.37. The Hall–Kier alpha value is -1.13. The molecule has 0 aromatic heterocycles. The lowest BCUT2D eigenvalue weighted by atomic mass is 9.81. The normalized spacial score (nSPS) is 11.2. The zero-order valence-corrected chi connectivity index (χ0v) is 13.5. The van der Waals surface area contributed by atoms with Crippen molar-refractivity contribution in [2.75, 3.05) is 6.54 Å². The molecule has 5 heteroatoms. The van der Waals surface area contributed by atoms with Crippen molar-refractivity contribution in [1.29, 1.82) is 0 Å². The molecule has 3 N–H and O–H groups in total. The smallest absolute Gasteiger partial charge is 0.233 e. The molecule has 1 aromatic carbocycles. The lowest BCUT2D eigenvalue weighted by Crippen LogP contribution is -2.48. The lowest BCUT2D eigenvalue weighted by Gasteiger charge is -2.28. The molecule has 0 aliphatic carbocycles. The van der Waals surface area contributed by atoms with Gasteiger partial charge in [-0.2, -0.15) is 0 Å². The van der Waals surface area contributed by atoms with Gasteiger partial charge in [-0.1, -0.05) is 49.8 Å². The van der Waals surface area contributed by atoms with Crippen molar-refractivity contribution in [2.45, 2.75) is 33.1 Å². The molecule has 110 valence electrons. The van der Waals surface area contributed by atoms with E-state index in [0.29, 0.717) is 24.4 Å². The Bertz CT molecular complexity index is 469. The van der Waals surface area contributed by atoms with E-state index in [1.165, 1.54) is 0 Å². The first kappa shape index (κ1) is 16.9. The molecule has 0 bridgehead atoms. The molecule has 0 aliphatic rings.